The first-order valence-electron chi connectivity index (χ1n) is 6.74. The Hall–Kier alpha value is -2.40. The van der Waals surface area contributed by atoms with E-state index in [1.54, 1.807) is 24.7 Å². The highest BCUT2D eigenvalue weighted by Crippen LogP contribution is 2.20. The van der Waals surface area contributed by atoms with E-state index in [2.05, 4.69) is 26.2 Å². The predicted octanol–water partition coefficient (Wildman–Crippen LogP) is 4.03. The Bertz CT molecular complexity index is 785. The Morgan fingerprint density at radius 3 is 2.82 bits per heavy atom. The second-order valence-corrected chi connectivity index (χ2v) is 5.58. The highest BCUT2D eigenvalue weighted by molar-refractivity contribution is 9.10. The number of aromatic nitrogens is 1. The molecule has 110 valence electrons. The number of hydrogen-bond donors (Lipinski definition) is 1. The predicted molar refractivity (Wildman–Crippen MR) is 87.3 cm³/mol. The van der Waals surface area contributed by atoms with E-state index in [1.165, 1.54) is 0 Å². The molecule has 0 spiro atoms. The van der Waals surface area contributed by atoms with Crippen molar-refractivity contribution in [1.82, 2.24) is 10.3 Å². The minimum absolute atomic E-state index is 0.129. The number of furan rings is 1. The van der Waals surface area contributed by atoms with E-state index in [4.69, 9.17) is 4.42 Å². The summed E-state index contributed by atoms with van der Waals surface area (Å²) in [4.78, 5) is 16.4. The first kappa shape index (κ1) is 14.5. The molecule has 0 bridgehead atoms. The van der Waals surface area contributed by atoms with Crippen LogP contribution in [0.5, 0.6) is 0 Å². The number of rotatable bonds is 4. The Labute approximate surface area is 136 Å². The Balaban J connectivity index is 1.71. The van der Waals surface area contributed by atoms with Crippen LogP contribution in [0.25, 0.3) is 11.3 Å². The summed E-state index contributed by atoms with van der Waals surface area (Å²) in [7, 11) is 0. The van der Waals surface area contributed by atoms with Gasteiger partial charge in [-0.1, -0.05) is 12.1 Å². The van der Waals surface area contributed by atoms with Crippen molar-refractivity contribution in [3.63, 3.8) is 0 Å². The molecule has 0 radical (unpaired) electrons. The number of carbonyl (C=O) groups is 1. The minimum atomic E-state index is -0.129. The van der Waals surface area contributed by atoms with E-state index >= 15 is 0 Å². The molecule has 0 aliphatic heterocycles. The maximum absolute atomic E-state index is 12.2. The van der Waals surface area contributed by atoms with Gasteiger partial charge in [0.15, 0.2) is 0 Å². The fourth-order valence-electron chi connectivity index (χ4n) is 2.08. The van der Waals surface area contributed by atoms with Gasteiger partial charge in [0.05, 0.1) is 11.8 Å². The molecule has 1 aromatic carbocycles. The van der Waals surface area contributed by atoms with Gasteiger partial charge in [0.2, 0.25) is 0 Å². The SMILES string of the molecule is O=C(NCc1cncc(-c2ccco2)c1)c1ccccc1Br. The van der Waals surface area contributed by atoms with Crippen LogP contribution in [0.15, 0.2) is 70.0 Å². The van der Waals surface area contributed by atoms with Gasteiger partial charge in [-0.05, 0) is 51.8 Å². The zero-order valence-electron chi connectivity index (χ0n) is 11.6. The van der Waals surface area contributed by atoms with Crippen LogP contribution >= 0.6 is 15.9 Å². The molecule has 3 rings (SSSR count). The number of nitrogens with zero attached hydrogens (tertiary/aromatic N) is 1. The van der Waals surface area contributed by atoms with Crippen molar-refractivity contribution in [2.45, 2.75) is 6.54 Å². The first-order chi connectivity index (χ1) is 10.7. The molecule has 1 amide bonds. The molecular weight excluding hydrogens is 344 g/mol. The summed E-state index contributed by atoms with van der Waals surface area (Å²) >= 11 is 3.38. The number of hydrogen-bond acceptors (Lipinski definition) is 3. The topological polar surface area (TPSA) is 55.1 Å². The summed E-state index contributed by atoms with van der Waals surface area (Å²) in [5, 5.41) is 2.89. The molecule has 1 N–H and O–H groups in total. The molecule has 2 aromatic heterocycles. The van der Waals surface area contributed by atoms with Crippen molar-refractivity contribution in [1.29, 1.82) is 0 Å². The van der Waals surface area contributed by atoms with E-state index in [0.29, 0.717) is 12.1 Å². The maximum atomic E-state index is 12.2. The van der Waals surface area contributed by atoms with Crippen LogP contribution in [0, 0.1) is 0 Å². The number of nitrogens with one attached hydrogen (secondary N) is 1. The van der Waals surface area contributed by atoms with Gasteiger partial charge < -0.3 is 9.73 Å². The van der Waals surface area contributed by atoms with E-state index < -0.39 is 0 Å². The van der Waals surface area contributed by atoms with Crippen LogP contribution in [0.3, 0.4) is 0 Å². The number of pyridine rings is 1. The normalized spacial score (nSPS) is 10.4. The molecule has 22 heavy (non-hydrogen) atoms. The molecule has 0 aliphatic carbocycles. The van der Waals surface area contributed by atoms with Gasteiger partial charge in [-0.2, -0.15) is 0 Å². The molecule has 0 fully saturated rings. The van der Waals surface area contributed by atoms with Crippen molar-refractivity contribution in [3.8, 4) is 11.3 Å². The van der Waals surface area contributed by atoms with Gasteiger partial charge in [-0.3, -0.25) is 9.78 Å². The lowest BCUT2D eigenvalue weighted by atomic mass is 10.1. The number of carbonyl (C=O) groups excluding carboxylic acids is 1. The third-order valence-corrected chi connectivity index (χ3v) is 3.86. The summed E-state index contributed by atoms with van der Waals surface area (Å²) in [6, 6.07) is 13.0. The summed E-state index contributed by atoms with van der Waals surface area (Å²) in [6.45, 7) is 0.404. The maximum Gasteiger partial charge on any atom is 0.252 e. The lowest BCUT2D eigenvalue weighted by Crippen LogP contribution is -2.23. The standard InChI is InChI=1S/C17H13BrN2O2/c18-15-5-2-1-4-14(15)17(21)20-10-12-8-13(11-19-9-12)16-6-3-7-22-16/h1-9,11H,10H2,(H,20,21). The molecule has 0 atom stereocenters. The minimum Gasteiger partial charge on any atom is -0.464 e. The largest absolute Gasteiger partial charge is 0.464 e. The van der Waals surface area contributed by atoms with Crippen LogP contribution in [-0.4, -0.2) is 10.9 Å². The lowest BCUT2D eigenvalue weighted by molar-refractivity contribution is 0.0950. The fourth-order valence-corrected chi connectivity index (χ4v) is 2.55. The molecule has 0 unspecified atom stereocenters. The second kappa shape index (κ2) is 6.58. The van der Waals surface area contributed by atoms with E-state index in [1.807, 2.05) is 36.4 Å². The van der Waals surface area contributed by atoms with Gasteiger partial charge in [0.1, 0.15) is 5.76 Å². The van der Waals surface area contributed by atoms with Crippen molar-refractivity contribution < 1.29 is 9.21 Å². The van der Waals surface area contributed by atoms with E-state index in [9.17, 15) is 4.79 Å². The van der Waals surface area contributed by atoms with Crippen molar-refractivity contribution in [2.75, 3.05) is 0 Å². The highest BCUT2D eigenvalue weighted by atomic mass is 79.9. The second-order valence-electron chi connectivity index (χ2n) is 4.72. The summed E-state index contributed by atoms with van der Waals surface area (Å²) in [6.07, 6.45) is 5.08. The van der Waals surface area contributed by atoms with Crippen LogP contribution in [0.1, 0.15) is 15.9 Å². The van der Waals surface area contributed by atoms with Crippen LogP contribution in [0.4, 0.5) is 0 Å². The van der Waals surface area contributed by atoms with E-state index in [0.717, 1.165) is 21.4 Å². The highest BCUT2D eigenvalue weighted by Gasteiger charge is 2.09. The molecule has 4 nitrogen and oxygen atoms in total. The molecule has 2 heterocycles. The molecule has 0 saturated carbocycles. The lowest BCUT2D eigenvalue weighted by Gasteiger charge is -2.07. The smallest absolute Gasteiger partial charge is 0.252 e. The summed E-state index contributed by atoms with van der Waals surface area (Å²) in [5.41, 5.74) is 2.41. The van der Waals surface area contributed by atoms with Gasteiger partial charge in [0, 0.05) is 29.0 Å². The fraction of sp³-hybridized carbons (Fsp3) is 0.0588. The third kappa shape index (κ3) is 3.26. The Morgan fingerprint density at radius 2 is 2.05 bits per heavy atom. The van der Waals surface area contributed by atoms with Crippen molar-refractivity contribution in [2.24, 2.45) is 0 Å². The van der Waals surface area contributed by atoms with Crippen molar-refractivity contribution in [3.05, 3.63) is 76.7 Å². The van der Waals surface area contributed by atoms with Crippen LogP contribution in [0.2, 0.25) is 0 Å². The Morgan fingerprint density at radius 1 is 1.18 bits per heavy atom. The molecule has 5 heteroatoms. The molecular formula is C17H13BrN2O2. The van der Waals surface area contributed by atoms with Crippen molar-refractivity contribution >= 4 is 21.8 Å². The van der Waals surface area contributed by atoms with Gasteiger partial charge in [0.25, 0.3) is 5.91 Å². The summed E-state index contributed by atoms with van der Waals surface area (Å²) in [5.74, 6) is 0.627. The van der Waals surface area contributed by atoms with Gasteiger partial charge in [-0.15, -0.1) is 0 Å². The quantitative estimate of drug-likeness (QED) is 0.767. The molecule has 0 aliphatic rings. The molecule has 0 saturated heterocycles. The average molecular weight is 357 g/mol. The van der Waals surface area contributed by atoms with Gasteiger partial charge >= 0.3 is 0 Å². The zero-order valence-corrected chi connectivity index (χ0v) is 13.2. The Kier molecular flexibility index (Phi) is 4.34. The van der Waals surface area contributed by atoms with Crippen LogP contribution < -0.4 is 5.32 Å². The first-order valence-corrected chi connectivity index (χ1v) is 7.54. The van der Waals surface area contributed by atoms with Crippen LogP contribution in [-0.2, 0) is 6.54 Å². The number of amides is 1. The van der Waals surface area contributed by atoms with E-state index in [-0.39, 0.29) is 5.91 Å². The summed E-state index contributed by atoms with van der Waals surface area (Å²) < 4.78 is 6.12. The zero-order chi connectivity index (χ0) is 15.4. The number of halogens is 1. The molecule has 3 aromatic rings. The average Bonchev–Trinajstić information content (AvgIpc) is 3.08. The number of benzene rings is 1. The monoisotopic (exact) mass is 356 g/mol. The van der Waals surface area contributed by atoms with Gasteiger partial charge in [-0.25, -0.2) is 0 Å². The third-order valence-electron chi connectivity index (χ3n) is 3.17.